The van der Waals surface area contributed by atoms with Gasteiger partial charge in [0.25, 0.3) is 5.91 Å². The molecule has 1 aromatic heterocycles. The number of carbonyl (C=O) groups excluding carboxylic acids is 1. The molecule has 2 N–H and O–H groups in total. The molecular weight excluding hydrogens is 353 g/mol. The second kappa shape index (κ2) is 6.17. The smallest absolute Gasteiger partial charge is 0.255 e. The minimum Gasteiger partial charge on any atom is -0.322 e. The summed E-state index contributed by atoms with van der Waals surface area (Å²) in [6.45, 7) is 0. The molecule has 0 aliphatic rings. The first kappa shape index (κ1) is 16.3. The summed E-state index contributed by atoms with van der Waals surface area (Å²) in [5.74, 6) is -0.926. The fourth-order valence-electron chi connectivity index (χ4n) is 2.04. The van der Waals surface area contributed by atoms with Crippen LogP contribution in [0.5, 0.6) is 0 Å². The highest BCUT2D eigenvalue weighted by atomic mass is 32.2. The van der Waals surface area contributed by atoms with Crippen molar-refractivity contribution in [1.29, 1.82) is 0 Å². The van der Waals surface area contributed by atoms with Crippen molar-refractivity contribution in [3.63, 3.8) is 0 Å². The maximum absolute atomic E-state index is 13.2. The maximum Gasteiger partial charge on any atom is 0.255 e. The van der Waals surface area contributed by atoms with Crippen LogP contribution in [0, 0.1) is 5.82 Å². The van der Waals surface area contributed by atoms with E-state index in [1.807, 2.05) is 0 Å². The molecule has 124 valence electrons. The molecule has 3 rings (SSSR count). The van der Waals surface area contributed by atoms with E-state index in [4.69, 9.17) is 0 Å². The average molecular weight is 365 g/mol. The number of benzene rings is 2. The van der Waals surface area contributed by atoms with Crippen molar-refractivity contribution in [3.8, 4) is 0 Å². The SMILES string of the molecule is CS(=O)(=O)Nc1nc2ccc(NC(=O)c3cccc(F)c3)cc2s1. The lowest BCUT2D eigenvalue weighted by Gasteiger charge is -2.05. The molecule has 0 saturated carbocycles. The summed E-state index contributed by atoms with van der Waals surface area (Å²) < 4.78 is 38.7. The van der Waals surface area contributed by atoms with Crippen LogP contribution in [0.2, 0.25) is 0 Å². The predicted molar refractivity (Wildman–Crippen MR) is 92.4 cm³/mol. The van der Waals surface area contributed by atoms with Gasteiger partial charge in [0.05, 0.1) is 16.5 Å². The third-order valence-electron chi connectivity index (χ3n) is 3.01. The summed E-state index contributed by atoms with van der Waals surface area (Å²) >= 11 is 1.15. The number of rotatable bonds is 4. The molecule has 1 heterocycles. The number of aromatic nitrogens is 1. The Kier molecular flexibility index (Phi) is 4.20. The Balaban J connectivity index is 1.84. The van der Waals surface area contributed by atoms with Crippen LogP contribution in [0.1, 0.15) is 10.4 Å². The Bertz CT molecular complexity index is 1030. The van der Waals surface area contributed by atoms with Crippen LogP contribution in [0.25, 0.3) is 10.2 Å². The Hall–Kier alpha value is -2.52. The van der Waals surface area contributed by atoms with Crippen molar-refractivity contribution in [2.75, 3.05) is 16.3 Å². The van der Waals surface area contributed by atoms with E-state index in [1.54, 1.807) is 18.2 Å². The number of hydrogen-bond acceptors (Lipinski definition) is 5. The Morgan fingerprint density at radius 1 is 1.21 bits per heavy atom. The molecule has 2 aromatic carbocycles. The van der Waals surface area contributed by atoms with Gasteiger partial charge in [-0.05, 0) is 36.4 Å². The first-order valence-corrected chi connectivity index (χ1v) is 9.46. The van der Waals surface area contributed by atoms with E-state index in [1.165, 1.54) is 18.2 Å². The number of nitrogens with zero attached hydrogens (tertiary/aromatic N) is 1. The van der Waals surface area contributed by atoms with Gasteiger partial charge in [-0.25, -0.2) is 17.8 Å². The normalized spacial score (nSPS) is 11.4. The topological polar surface area (TPSA) is 88.2 Å². The lowest BCUT2D eigenvalue weighted by Crippen LogP contribution is -2.11. The third-order valence-corrected chi connectivity index (χ3v) is 4.63. The van der Waals surface area contributed by atoms with E-state index < -0.39 is 21.7 Å². The Morgan fingerprint density at radius 3 is 2.71 bits per heavy atom. The molecule has 0 unspecified atom stereocenters. The quantitative estimate of drug-likeness (QED) is 0.744. The summed E-state index contributed by atoms with van der Waals surface area (Å²) in [7, 11) is -3.40. The van der Waals surface area contributed by atoms with Gasteiger partial charge in [-0.2, -0.15) is 0 Å². The van der Waals surface area contributed by atoms with Crippen LogP contribution >= 0.6 is 11.3 Å². The fourth-order valence-corrected chi connectivity index (χ4v) is 3.78. The zero-order valence-corrected chi connectivity index (χ0v) is 14.0. The van der Waals surface area contributed by atoms with Crippen molar-refractivity contribution >= 4 is 48.3 Å². The zero-order chi connectivity index (χ0) is 17.3. The average Bonchev–Trinajstić information content (AvgIpc) is 2.86. The maximum atomic E-state index is 13.2. The minimum absolute atomic E-state index is 0.207. The standard InChI is InChI=1S/C15H12FN3O3S2/c1-24(21,22)19-15-18-12-6-5-11(8-13(12)23-15)17-14(20)9-3-2-4-10(16)7-9/h2-8H,1H3,(H,17,20)(H,18,19). The summed E-state index contributed by atoms with van der Waals surface area (Å²) in [6, 6.07) is 10.4. The molecule has 0 atom stereocenters. The van der Waals surface area contributed by atoms with Crippen molar-refractivity contribution in [1.82, 2.24) is 4.98 Å². The van der Waals surface area contributed by atoms with Gasteiger partial charge in [0.2, 0.25) is 10.0 Å². The molecule has 0 radical (unpaired) electrons. The van der Waals surface area contributed by atoms with Crippen LogP contribution in [0.4, 0.5) is 15.2 Å². The number of sulfonamides is 1. The molecule has 0 saturated heterocycles. The Morgan fingerprint density at radius 2 is 2.00 bits per heavy atom. The first-order valence-electron chi connectivity index (χ1n) is 6.75. The highest BCUT2D eigenvalue weighted by Crippen LogP contribution is 2.29. The first-order chi connectivity index (χ1) is 11.3. The van der Waals surface area contributed by atoms with Crippen molar-refractivity contribution < 1.29 is 17.6 Å². The molecule has 0 spiro atoms. The number of halogens is 1. The van der Waals surface area contributed by atoms with Crippen molar-refractivity contribution in [3.05, 3.63) is 53.8 Å². The number of thiazole rings is 1. The van der Waals surface area contributed by atoms with Gasteiger partial charge in [0.1, 0.15) is 5.82 Å². The molecule has 0 aliphatic heterocycles. The van der Waals surface area contributed by atoms with Crippen molar-refractivity contribution in [2.45, 2.75) is 0 Å². The zero-order valence-electron chi connectivity index (χ0n) is 12.4. The van der Waals surface area contributed by atoms with Gasteiger partial charge in [-0.1, -0.05) is 17.4 Å². The van der Waals surface area contributed by atoms with E-state index in [9.17, 15) is 17.6 Å². The van der Waals surface area contributed by atoms with Gasteiger partial charge < -0.3 is 5.32 Å². The van der Waals surface area contributed by atoms with Crippen LogP contribution in [0.3, 0.4) is 0 Å². The van der Waals surface area contributed by atoms with Crippen LogP contribution < -0.4 is 10.0 Å². The molecular formula is C15H12FN3O3S2. The number of anilines is 2. The number of hydrogen-bond donors (Lipinski definition) is 2. The van der Waals surface area contributed by atoms with Gasteiger partial charge in [-0.15, -0.1) is 0 Å². The Labute approximate surface area is 141 Å². The molecule has 24 heavy (non-hydrogen) atoms. The molecule has 3 aromatic rings. The summed E-state index contributed by atoms with van der Waals surface area (Å²) in [5.41, 5.74) is 1.32. The monoisotopic (exact) mass is 365 g/mol. The van der Waals surface area contributed by atoms with Gasteiger partial charge >= 0.3 is 0 Å². The van der Waals surface area contributed by atoms with Gasteiger partial charge in [0, 0.05) is 11.3 Å². The summed E-state index contributed by atoms with van der Waals surface area (Å²) in [5, 5.41) is 2.92. The van der Waals surface area contributed by atoms with E-state index in [0.717, 1.165) is 23.7 Å². The van der Waals surface area contributed by atoms with Crippen LogP contribution in [-0.4, -0.2) is 25.6 Å². The molecule has 0 bridgehead atoms. The third kappa shape index (κ3) is 3.87. The second-order valence-electron chi connectivity index (χ2n) is 5.04. The van der Waals surface area contributed by atoms with E-state index in [2.05, 4.69) is 15.0 Å². The number of nitrogens with one attached hydrogen (secondary N) is 2. The number of carbonyl (C=O) groups is 1. The van der Waals surface area contributed by atoms with Crippen LogP contribution in [-0.2, 0) is 10.0 Å². The van der Waals surface area contributed by atoms with Crippen molar-refractivity contribution in [2.24, 2.45) is 0 Å². The molecule has 0 aliphatic carbocycles. The molecule has 1 amide bonds. The minimum atomic E-state index is -3.40. The van der Waals surface area contributed by atoms with E-state index >= 15 is 0 Å². The lowest BCUT2D eigenvalue weighted by molar-refractivity contribution is 0.102. The number of fused-ring (bicyclic) bond motifs is 1. The van der Waals surface area contributed by atoms with Gasteiger partial charge in [0.15, 0.2) is 5.13 Å². The fraction of sp³-hybridized carbons (Fsp3) is 0.0667. The largest absolute Gasteiger partial charge is 0.322 e. The highest BCUT2D eigenvalue weighted by Gasteiger charge is 2.11. The predicted octanol–water partition coefficient (Wildman–Crippen LogP) is 3.06. The van der Waals surface area contributed by atoms with Crippen LogP contribution in [0.15, 0.2) is 42.5 Å². The number of amides is 1. The molecule has 6 nitrogen and oxygen atoms in total. The highest BCUT2D eigenvalue weighted by molar-refractivity contribution is 7.92. The summed E-state index contributed by atoms with van der Waals surface area (Å²) in [6.07, 6.45) is 1.05. The summed E-state index contributed by atoms with van der Waals surface area (Å²) in [4.78, 5) is 16.3. The second-order valence-corrected chi connectivity index (χ2v) is 7.82. The van der Waals surface area contributed by atoms with Gasteiger partial charge in [-0.3, -0.25) is 9.52 Å². The van der Waals surface area contributed by atoms with E-state index in [-0.39, 0.29) is 10.7 Å². The molecule has 0 fully saturated rings. The van der Waals surface area contributed by atoms with E-state index in [0.29, 0.717) is 15.9 Å². The molecule has 9 heteroatoms. The lowest BCUT2D eigenvalue weighted by atomic mass is 10.2.